The van der Waals surface area contributed by atoms with Gasteiger partial charge in [0.2, 0.25) is 0 Å². The minimum atomic E-state index is -1.17. The summed E-state index contributed by atoms with van der Waals surface area (Å²) in [4.78, 5) is 24.4. The SMILES string of the molecule is COC(=O)C(Cc1ccccc1)N(O)C(=O)c1ccc(C#N)cc1. The van der Waals surface area contributed by atoms with E-state index in [1.54, 1.807) is 24.3 Å². The van der Waals surface area contributed by atoms with E-state index in [-0.39, 0.29) is 12.0 Å². The van der Waals surface area contributed by atoms with Gasteiger partial charge in [0.15, 0.2) is 6.04 Å². The lowest BCUT2D eigenvalue weighted by Gasteiger charge is -2.24. The van der Waals surface area contributed by atoms with Crippen LogP contribution in [0.3, 0.4) is 0 Å². The molecule has 0 fully saturated rings. The van der Waals surface area contributed by atoms with Crippen molar-refractivity contribution in [1.82, 2.24) is 5.06 Å². The van der Waals surface area contributed by atoms with Gasteiger partial charge < -0.3 is 4.74 Å². The van der Waals surface area contributed by atoms with Crippen molar-refractivity contribution in [3.05, 3.63) is 71.3 Å². The molecule has 0 saturated heterocycles. The van der Waals surface area contributed by atoms with Crippen LogP contribution in [-0.2, 0) is 16.0 Å². The van der Waals surface area contributed by atoms with E-state index in [1.807, 2.05) is 12.1 Å². The molecule has 1 N–H and O–H groups in total. The normalized spacial score (nSPS) is 11.2. The number of methoxy groups -OCH3 is 1. The van der Waals surface area contributed by atoms with Crippen LogP contribution in [0.15, 0.2) is 54.6 Å². The first kappa shape index (κ1) is 17.2. The highest BCUT2D eigenvalue weighted by molar-refractivity contribution is 5.96. The number of carbonyl (C=O) groups excluding carboxylic acids is 2. The van der Waals surface area contributed by atoms with Gasteiger partial charge in [-0.1, -0.05) is 30.3 Å². The molecule has 1 atom stereocenters. The summed E-state index contributed by atoms with van der Waals surface area (Å²) in [6.45, 7) is 0. The molecule has 0 radical (unpaired) electrons. The number of rotatable bonds is 5. The quantitative estimate of drug-likeness (QED) is 0.517. The van der Waals surface area contributed by atoms with Gasteiger partial charge in [-0.05, 0) is 29.8 Å². The number of hydrogen-bond acceptors (Lipinski definition) is 5. The van der Waals surface area contributed by atoms with E-state index < -0.39 is 17.9 Å². The topological polar surface area (TPSA) is 90.6 Å². The van der Waals surface area contributed by atoms with Crippen molar-refractivity contribution in [2.24, 2.45) is 0 Å². The Kier molecular flexibility index (Phi) is 5.66. The maximum atomic E-state index is 12.4. The number of nitrogens with zero attached hydrogens (tertiary/aromatic N) is 2. The molecule has 0 heterocycles. The predicted molar refractivity (Wildman–Crippen MR) is 85.1 cm³/mol. The Labute approximate surface area is 139 Å². The number of hydrogen-bond donors (Lipinski definition) is 1. The molecule has 2 aromatic carbocycles. The Morgan fingerprint density at radius 2 is 1.79 bits per heavy atom. The minimum Gasteiger partial charge on any atom is -0.467 e. The van der Waals surface area contributed by atoms with Gasteiger partial charge in [-0.3, -0.25) is 10.0 Å². The van der Waals surface area contributed by atoms with Crippen LogP contribution in [0.2, 0.25) is 0 Å². The summed E-state index contributed by atoms with van der Waals surface area (Å²) < 4.78 is 4.69. The molecule has 24 heavy (non-hydrogen) atoms. The van der Waals surface area contributed by atoms with Crippen molar-refractivity contribution >= 4 is 11.9 Å². The Hall–Kier alpha value is -3.17. The van der Waals surface area contributed by atoms with Crippen LogP contribution in [-0.4, -0.2) is 35.3 Å². The highest BCUT2D eigenvalue weighted by Crippen LogP contribution is 2.13. The molecule has 1 unspecified atom stereocenters. The van der Waals surface area contributed by atoms with E-state index in [9.17, 15) is 14.8 Å². The molecule has 0 aliphatic heterocycles. The third-order valence-electron chi connectivity index (χ3n) is 3.51. The zero-order valence-corrected chi connectivity index (χ0v) is 13.0. The van der Waals surface area contributed by atoms with Crippen molar-refractivity contribution in [2.45, 2.75) is 12.5 Å². The van der Waals surface area contributed by atoms with Gasteiger partial charge in [0, 0.05) is 12.0 Å². The average molecular weight is 324 g/mol. The summed E-state index contributed by atoms with van der Waals surface area (Å²) in [5.74, 6) is -1.46. The maximum Gasteiger partial charge on any atom is 0.331 e. The summed E-state index contributed by atoms with van der Waals surface area (Å²) >= 11 is 0. The highest BCUT2D eigenvalue weighted by Gasteiger charge is 2.30. The van der Waals surface area contributed by atoms with Crippen molar-refractivity contribution in [2.75, 3.05) is 7.11 Å². The van der Waals surface area contributed by atoms with Gasteiger partial charge in [0.05, 0.1) is 18.7 Å². The number of carbonyl (C=O) groups is 2. The third-order valence-corrected chi connectivity index (χ3v) is 3.51. The van der Waals surface area contributed by atoms with E-state index in [0.29, 0.717) is 10.6 Å². The molecular weight excluding hydrogens is 308 g/mol. The van der Waals surface area contributed by atoms with Crippen molar-refractivity contribution in [3.63, 3.8) is 0 Å². The molecular formula is C18H16N2O4. The minimum absolute atomic E-state index is 0.117. The molecule has 0 bridgehead atoms. The maximum absolute atomic E-state index is 12.4. The number of ether oxygens (including phenoxy) is 1. The first-order chi connectivity index (χ1) is 11.6. The molecule has 0 aromatic heterocycles. The van der Waals surface area contributed by atoms with Crippen LogP contribution in [0.5, 0.6) is 0 Å². The predicted octanol–water partition coefficient (Wildman–Crippen LogP) is 2.17. The number of amides is 1. The van der Waals surface area contributed by atoms with Gasteiger partial charge in [-0.2, -0.15) is 5.26 Å². The Bertz CT molecular complexity index is 751. The van der Waals surface area contributed by atoms with Crippen molar-refractivity contribution < 1.29 is 19.5 Å². The standard InChI is InChI=1S/C18H16N2O4/c1-24-18(22)16(11-13-5-3-2-4-6-13)20(23)17(21)15-9-7-14(12-19)8-10-15/h2-10,16,23H,11H2,1H3. The molecule has 1 amide bonds. The van der Waals surface area contributed by atoms with Crippen molar-refractivity contribution in [3.8, 4) is 6.07 Å². The van der Waals surface area contributed by atoms with Gasteiger partial charge in [0.1, 0.15) is 0 Å². The van der Waals surface area contributed by atoms with Gasteiger partial charge in [-0.25, -0.2) is 9.86 Å². The zero-order valence-electron chi connectivity index (χ0n) is 13.0. The number of hydroxylamine groups is 2. The van der Waals surface area contributed by atoms with Crippen molar-refractivity contribution in [1.29, 1.82) is 5.26 Å². The largest absolute Gasteiger partial charge is 0.467 e. The van der Waals surface area contributed by atoms with Crippen LogP contribution in [0.25, 0.3) is 0 Å². The first-order valence-electron chi connectivity index (χ1n) is 7.21. The van der Waals surface area contributed by atoms with E-state index in [4.69, 9.17) is 10.00 Å². The second-order valence-electron chi connectivity index (χ2n) is 5.07. The summed E-state index contributed by atoms with van der Waals surface area (Å²) in [5.41, 5.74) is 1.34. The molecule has 0 aliphatic carbocycles. The van der Waals surface area contributed by atoms with Crippen LogP contribution in [0, 0.1) is 11.3 Å². The number of nitriles is 1. The molecule has 6 heteroatoms. The van der Waals surface area contributed by atoms with Crippen LogP contribution in [0.1, 0.15) is 21.5 Å². The fourth-order valence-electron chi connectivity index (χ4n) is 2.20. The number of esters is 1. The second kappa shape index (κ2) is 7.90. The summed E-state index contributed by atoms with van der Waals surface area (Å²) in [6, 6.07) is 15.5. The first-order valence-corrected chi connectivity index (χ1v) is 7.21. The Morgan fingerprint density at radius 3 is 2.33 bits per heavy atom. The lowest BCUT2D eigenvalue weighted by Crippen LogP contribution is -2.45. The van der Waals surface area contributed by atoms with E-state index in [0.717, 1.165) is 5.56 Å². The zero-order chi connectivity index (χ0) is 17.5. The van der Waals surface area contributed by atoms with Gasteiger partial charge in [0.25, 0.3) is 5.91 Å². The van der Waals surface area contributed by atoms with Crippen LogP contribution in [0.4, 0.5) is 0 Å². The molecule has 0 aliphatic rings. The van der Waals surface area contributed by atoms with E-state index in [2.05, 4.69) is 0 Å². The molecule has 122 valence electrons. The second-order valence-corrected chi connectivity index (χ2v) is 5.07. The lowest BCUT2D eigenvalue weighted by atomic mass is 10.0. The lowest BCUT2D eigenvalue weighted by molar-refractivity contribution is -0.161. The van der Waals surface area contributed by atoms with Gasteiger partial charge in [-0.15, -0.1) is 0 Å². The van der Waals surface area contributed by atoms with Crippen LogP contribution < -0.4 is 0 Å². The Morgan fingerprint density at radius 1 is 1.17 bits per heavy atom. The monoisotopic (exact) mass is 324 g/mol. The summed E-state index contributed by atoms with van der Waals surface area (Å²) in [7, 11) is 1.19. The summed E-state index contributed by atoms with van der Waals surface area (Å²) in [6.07, 6.45) is 0.117. The molecule has 0 saturated carbocycles. The molecule has 2 rings (SSSR count). The van der Waals surface area contributed by atoms with Gasteiger partial charge >= 0.3 is 5.97 Å². The summed E-state index contributed by atoms with van der Waals surface area (Å²) in [5, 5.41) is 19.4. The molecule has 2 aromatic rings. The smallest absolute Gasteiger partial charge is 0.331 e. The van der Waals surface area contributed by atoms with E-state index >= 15 is 0 Å². The number of benzene rings is 2. The fraction of sp³-hybridized carbons (Fsp3) is 0.167. The third kappa shape index (κ3) is 3.97. The van der Waals surface area contributed by atoms with E-state index in [1.165, 1.54) is 31.4 Å². The Balaban J connectivity index is 2.22. The highest BCUT2D eigenvalue weighted by atomic mass is 16.5. The van der Waals surface area contributed by atoms with Crippen LogP contribution >= 0.6 is 0 Å². The average Bonchev–Trinajstić information content (AvgIpc) is 2.65. The fourth-order valence-corrected chi connectivity index (χ4v) is 2.20. The molecule has 0 spiro atoms. The molecule has 6 nitrogen and oxygen atoms in total.